The summed E-state index contributed by atoms with van der Waals surface area (Å²) in [5.41, 5.74) is -0.646. The molecule has 38 heavy (non-hydrogen) atoms. The highest BCUT2D eigenvalue weighted by Gasteiger charge is 2.44. The van der Waals surface area contributed by atoms with Gasteiger partial charge >= 0.3 is 12.1 Å². The average molecular weight is 568 g/mol. The van der Waals surface area contributed by atoms with Crippen LogP contribution < -0.4 is 15.4 Å². The van der Waals surface area contributed by atoms with Gasteiger partial charge in [0, 0.05) is 11.6 Å². The number of hydrogen-bond acceptors (Lipinski definition) is 7. The zero-order chi connectivity index (χ0) is 28.0. The molecule has 3 rings (SSSR count). The van der Waals surface area contributed by atoms with E-state index in [9.17, 15) is 32.8 Å². The van der Waals surface area contributed by atoms with Crippen LogP contribution >= 0.6 is 23.4 Å². The molecule has 1 aliphatic heterocycles. The van der Waals surface area contributed by atoms with Gasteiger partial charge in [0.05, 0.1) is 46.7 Å². The van der Waals surface area contributed by atoms with Crippen LogP contribution in [-0.2, 0) is 25.3 Å². The van der Waals surface area contributed by atoms with Crippen molar-refractivity contribution in [1.29, 1.82) is 5.26 Å². The van der Waals surface area contributed by atoms with Gasteiger partial charge in [0.1, 0.15) is 11.7 Å². The predicted molar refractivity (Wildman–Crippen MR) is 134 cm³/mol. The largest absolute Gasteiger partial charge is 0.492 e. The summed E-state index contributed by atoms with van der Waals surface area (Å²) in [4.78, 5) is 37.9. The van der Waals surface area contributed by atoms with Crippen LogP contribution in [0.5, 0.6) is 5.75 Å². The second-order valence-corrected chi connectivity index (χ2v) is 9.25. The summed E-state index contributed by atoms with van der Waals surface area (Å²) >= 11 is 7.09. The van der Waals surface area contributed by atoms with Gasteiger partial charge in [0.2, 0.25) is 11.8 Å². The Morgan fingerprint density at radius 1 is 1.24 bits per heavy atom. The first-order valence-electron chi connectivity index (χ1n) is 11.0. The molecule has 1 heterocycles. The first-order chi connectivity index (χ1) is 18.0. The number of allylic oxidation sites excluding steroid dienone is 1. The lowest BCUT2D eigenvalue weighted by molar-refractivity contribution is -0.150. The fourth-order valence-electron chi connectivity index (χ4n) is 3.77. The lowest BCUT2D eigenvalue weighted by atomic mass is 9.78. The standard InChI is InChI=1S/C25H21ClF3N3O5S/c1-3-37-18-8-7-13(9-17(18)26)20-16(11-30)23(32-22(34)21(20)24(35)36-2)38-12-19(33)31-15-6-4-5-14(10-15)25(27,28)29/h4-10,20-21H,3,12H2,1-2H3,(H,31,33)(H,32,34)/t20-,21-/m1/s1. The summed E-state index contributed by atoms with van der Waals surface area (Å²) in [7, 11) is 1.11. The van der Waals surface area contributed by atoms with Gasteiger partial charge in [0.25, 0.3) is 0 Å². The number of ether oxygens (including phenoxy) is 2. The Hall–Kier alpha value is -3.69. The SMILES string of the molecule is CCOc1ccc([C@@H]2C(C#N)=C(SCC(=O)Nc3cccc(C(F)(F)F)c3)NC(=O)[C@@H]2C(=O)OC)cc1Cl. The maximum atomic E-state index is 12.9. The summed E-state index contributed by atoms with van der Waals surface area (Å²) in [5, 5.41) is 15.0. The minimum absolute atomic E-state index is 0.0166. The molecule has 0 saturated carbocycles. The number of hydrogen-bond donors (Lipinski definition) is 2. The Morgan fingerprint density at radius 3 is 2.58 bits per heavy atom. The zero-order valence-corrected chi connectivity index (χ0v) is 21.6. The zero-order valence-electron chi connectivity index (χ0n) is 20.0. The lowest BCUT2D eigenvalue weighted by Crippen LogP contribution is -2.44. The molecule has 1 aliphatic rings. The lowest BCUT2D eigenvalue weighted by Gasteiger charge is -2.31. The van der Waals surface area contributed by atoms with E-state index < -0.39 is 41.4 Å². The van der Waals surface area contributed by atoms with E-state index in [1.807, 2.05) is 6.07 Å². The number of alkyl halides is 3. The van der Waals surface area contributed by atoms with E-state index in [1.54, 1.807) is 19.1 Å². The molecule has 2 aromatic rings. The Kier molecular flexibility index (Phi) is 9.30. The number of anilines is 1. The molecule has 0 radical (unpaired) electrons. The Labute approximate surface area is 225 Å². The first kappa shape index (κ1) is 28.9. The van der Waals surface area contributed by atoms with Gasteiger partial charge in [-0.2, -0.15) is 18.4 Å². The van der Waals surface area contributed by atoms with Crippen LogP contribution in [0.1, 0.15) is 24.0 Å². The number of nitrogens with zero attached hydrogens (tertiary/aromatic N) is 1. The first-order valence-corrected chi connectivity index (χ1v) is 12.4. The summed E-state index contributed by atoms with van der Waals surface area (Å²) in [5.74, 6) is -4.78. The van der Waals surface area contributed by atoms with Crippen molar-refractivity contribution >= 4 is 46.8 Å². The van der Waals surface area contributed by atoms with Crippen LogP contribution in [0.4, 0.5) is 18.9 Å². The molecule has 200 valence electrons. The highest BCUT2D eigenvalue weighted by atomic mass is 35.5. The molecule has 0 unspecified atom stereocenters. The van der Waals surface area contributed by atoms with Crippen molar-refractivity contribution in [2.24, 2.45) is 5.92 Å². The molecule has 0 aromatic heterocycles. The number of halogens is 4. The molecule has 13 heteroatoms. The molecule has 0 aliphatic carbocycles. The number of carbonyl (C=O) groups is 3. The average Bonchev–Trinajstić information content (AvgIpc) is 2.87. The highest BCUT2D eigenvalue weighted by Crippen LogP contribution is 2.42. The highest BCUT2D eigenvalue weighted by molar-refractivity contribution is 8.03. The van der Waals surface area contributed by atoms with Crippen molar-refractivity contribution in [3.63, 3.8) is 0 Å². The number of rotatable bonds is 8. The van der Waals surface area contributed by atoms with Crippen molar-refractivity contribution in [3.8, 4) is 11.8 Å². The molecule has 0 fully saturated rings. The Bertz CT molecular complexity index is 1330. The minimum Gasteiger partial charge on any atom is -0.492 e. The van der Waals surface area contributed by atoms with Crippen LogP contribution in [0.15, 0.2) is 53.1 Å². The van der Waals surface area contributed by atoms with Crippen molar-refractivity contribution < 1.29 is 37.0 Å². The van der Waals surface area contributed by atoms with E-state index in [0.717, 1.165) is 37.1 Å². The third-order valence-electron chi connectivity index (χ3n) is 5.42. The van der Waals surface area contributed by atoms with Crippen molar-refractivity contribution in [3.05, 3.63) is 69.2 Å². The molecule has 0 spiro atoms. The number of carbonyl (C=O) groups excluding carboxylic acids is 3. The molecule has 8 nitrogen and oxygen atoms in total. The number of esters is 1. The minimum atomic E-state index is -4.58. The van der Waals surface area contributed by atoms with Crippen LogP contribution in [0.25, 0.3) is 0 Å². The second kappa shape index (κ2) is 12.2. The molecule has 2 amide bonds. The van der Waals surface area contributed by atoms with Crippen LogP contribution in [0, 0.1) is 17.2 Å². The third kappa shape index (κ3) is 6.59. The van der Waals surface area contributed by atoms with E-state index in [1.165, 1.54) is 12.1 Å². The number of methoxy groups -OCH3 is 1. The predicted octanol–water partition coefficient (Wildman–Crippen LogP) is 4.87. The van der Waals surface area contributed by atoms with Crippen molar-refractivity contribution in [2.45, 2.75) is 19.0 Å². The fraction of sp³-hybridized carbons (Fsp3) is 0.280. The number of nitriles is 1. The van der Waals surface area contributed by atoms with E-state index in [2.05, 4.69) is 10.6 Å². The Balaban J connectivity index is 1.90. The van der Waals surface area contributed by atoms with Gasteiger partial charge in [-0.3, -0.25) is 14.4 Å². The number of amides is 2. The maximum Gasteiger partial charge on any atom is 0.416 e. The van der Waals surface area contributed by atoms with E-state index >= 15 is 0 Å². The van der Waals surface area contributed by atoms with Gasteiger partial charge in [-0.15, -0.1) is 0 Å². The third-order valence-corrected chi connectivity index (χ3v) is 6.73. The van der Waals surface area contributed by atoms with Crippen LogP contribution in [0.3, 0.4) is 0 Å². The fourth-order valence-corrected chi connectivity index (χ4v) is 4.86. The van der Waals surface area contributed by atoms with Gasteiger partial charge in [-0.05, 0) is 42.8 Å². The van der Waals surface area contributed by atoms with Gasteiger partial charge in [0.15, 0.2) is 0 Å². The molecule has 2 atom stereocenters. The summed E-state index contributed by atoms with van der Waals surface area (Å²) < 4.78 is 49.1. The van der Waals surface area contributed by atoms with Crippen molar-refractivity contribution in [1.82, 2.24) is 5.32 Å². The smallest absolute Gasteiger partial charge is 0.416 e. The van der Waals surface area contributed by atoms with E-state index in [0.29, 0.717) is 17.9 Å². The van der Waals surface area contributed by atoms with Crippen LogP contribution in [-0.4, -0.2) is 37.3 Å². The maximum absolute atomic E-state index is 12.9. The molecule has 2 aromatic carbocycles. The van der Waals surface area contributed by atoms with E-state index in [4.69, 9.17) is 21.1 Å². The van der Waals surface area contributed by atoms with Gasteiger partial charge < -0.3 is 20.1 Å². The summed E-state index contributed by atoms with van der Waals surface area (Å²) in [6.45, 7) is 2.12. The molecular weight excluding hydrogens is 547 g/mol. The molecular formula is C25H21ClF3N3O5S. The van der Waals surface area contributed by atoms with Crippen LogP contribution in [0.2, 0.25) is 5.02 Å². The molecule has 0 bridgehead atoms. The van der Waals surface area contributed by atoms with Gasteiger partial charge in [-0.1, -0.05) is 35.5 Å². The van der Waals surface area contributed by atoms with Gasteiger partial charge in [-0.25, -0.2) is 0 Å². The molecule has 0 saturated heterocycles. The summed E-state index contributed by atoms with van der Waals surface area (Å²) in [6, 6.07) is 10.7. The second-order valence-electron chi connectivity index (χ2n) is 7.86. The summed E-state index contributed by atoms with van der Waals surface area (Å²) in [6.07, 6.45) is -4.58. The number of nitrogens with one attached hydrogen (secondary N) is 2. The normalized spacial score (nSPS) is 17.3. The Morgan fingerprint density at radius 2 is 1.97 bits per heavy atom. The number of thioether (sulfide) groups is 1. The van der Waals surface area contributed by atoms with Crippen molar-refractivity contribution in [2.75, 3.05) is 24.8 Å². The monoisotopic (exact) mass is 567 g/mol. The quantitative estimate of drug-likeness (QED) is 0.345. The number of benzene rings is 2. The topological polar surface area (TPSA) is 118 Å². The molecule has 2 N–H and O–H groups in total. The van der Waals surface area contributed by atoms with E-state index in [-0.39, 0.29) is 27.1 Å².